The molecule has 3 aromatic rings. The summed E-state index contributed by atoms with van der Waals surface area (Å²) in [4.78, 5) is 19.3. The molecule has 5 nitrogen and oxygen atoms in total. The van der Waals surface area contributed by atoms with Gasteiger partial charge in [-0.1, -0.05) is 81.4 Å². The summed E-state index contributed by atoms with van der Waals surface area (Å²) in [5.74, 6) is -0.451. The number of aromatic carboxylic acids is 1. The van der Waals surface area contributed by atoms with Crippen molar-refractivity contribution in [2.45, 2.75) is 32.2 Å². The Labute approximate surface area is 172 Å². The van der Waals surface area contributed by atoms with E-state index in [9.17, 15) is 4.79 Å². The number of aromatic nitrogens is 2. The summed E-state index contributed by atoms with van der Waals surface area (Å²) in [5, 5.41) is 11.4. The highest BCUT2D eigenvalue weighted by Gasteiger charge is 2.49. The first-order valence-electron chi connectivity index (χ1n) is 9.64. The predicted octanol–water partition coefficient (Wildman–Crippen LogP) is 3.29. The molecule has 6 heteroatoms. The average Bonchev–Trinajstić information content (AvgIpc) is 2.72. The second kappa shape index (κ2) is 8.67. The zero-order valence-electron chi connectivity index (χ0n) is 17.0. The smallest absolute Gasteiger partial charge is 0.338 e. The zero-order valence-corrected chi connectivity index (χ0v) is 18.0. The molecule has 0 saturated heterocycles. The number of hydrogen-bond donors (Lipinski definition) is 1. The minimum absolute atomic E-state index is 0.0849. The van der Waals surface area contributed by atoms with Crippen LogP contribution in [0, 0.1) is 0 Å². The molecule has 1 N–H and O–H groups in total. The van der Waals surface area contributed by atoms with Gasteiger partial charge in [-0.15, -0.1) is 0 Å². The molecule has 0 spiro atoms. The van der Waals surface area contributed by atoms with E-state index in [1.807, 2.05) is 12.1 Å². The Bertz CT molecular complexity index is 900. The lowest BCUT2D eigenvalue weighted by Crippen LogP contribution is -2.66. The fraction of sp³-hybridized carbons (Fsp3) is 0.261. The van der Waals surface area contributed by atoms with E-state index in [1.165, 1.54) is 22.8 Å². The zero-order chi connectivity index (χ0) is 20.9. The molecule has 0 amide bonds. The highest BCUT2D eigenvalue weighted by Crippen LogP contribution is 2.36. The van der Waals surface area contributed by atoms with Crippen molar-refractivity contribution in [3.05, 3.63) is 84.4 Å². The van der Waals surface area contributed by atoms with Crippen molar-refractivity contribution in [2.75, 3.05) is 6.61 Å². The Hall–Kier alpha value is -2.83. The summed E-state index contributed by atoms with van der Waals surface area (Å²) >= 11 is 0. The number of hydrogen-bond acceptors (Lipinski definition) is 4. The van der Waals surface area contributed by atoms with Crippen molar-refractivity contribution in [1.29, 1.82) is 0 Å². The molecule has 0 aliphatic carbocycles. The summed E-state index contributed by atoms with van der Waals surface area (Å²) < 4.78 is 6.79. The maximum Gasteiger partial charge on any atom is 0.338 e. The molecule has 2 aromatic carbocycles. The second-order valence-electron chi connectivity index (χ2n) is 7.95. The largest absolute Gasteiger partial charge is 0.478 e. The summed E-state index contributed by atoms with van der Waals surface area (Å²) in [5.41, 5.74) is 0.0849. The maximum atomic E-state index is 11.0. The van der Waals surface area contributed by atoms with Gasteiger partial charge in [0.2, 0.25) is 0 Å². The number of carboxylic acid groups (broad SMARTS) is 1. The molecule has 1 aromatic heterocycles. The maximum absolute atomic E-state index is 11.0. The molecule has 3 rings (SSSR count). The first-order chi connectivity index (χ1) is 13.8. The second-order valence-corrected chi connectivity index (χ2v) is 12.3. The van der Waals surface area contributed by atoms with Crippen LogP contribution in [0.1, 0.15) is 37.0 Å². The van der Waals surface area contributed by atoms with Crippen LogP contribution in [-0.4, -0.2) is 36.0 Å². The lowest BCUT2D eigenvalue weighted by atomic mass is 10.2. The Morgan fingerprint density at radius 3 is 1.83 bits per heavy atom. The molecule has 150 valence electrons. The molecular formula is C23H26N2O3Si. The van der Waals surface area contributed by atoms with Crippen LogP contribution >= 0.6 is 0 Å². The molecule has 1 heterocycles. The summed E-state index contributed by atoms with van der Waals surface area (Å²) in [7, 11) is -2.58. The van der Waals surface area contributed by atoms with Gasteiger partial charge in [0, 0.05) is 25.4 Å². The molecule has 0 saturated carbocycles. The average molecular weight is 407 g/mol. The van der Waals surface area contributed by atoms with Crippen molar-refractivity contribution in [1.82, 2.24) is 9.97 Å². The van der Waals surface area contributed by atoms with Gasteiger partial charge < -0.3 is 9.53 Å². The van der Waals surface area contributed by atoms with Gasteiger partial charge in [-0.05, 0) is 15.4 Å². The van der Waals surface area contributed by atoms with E-state index < -0.39 is 14.3 Å². The minimum Gasteiger partial charge on any atom is -0.478 e. The van der Waals surface area contributed by atoms with E-state index in [0.29, 0.717) is 18.9 Å². The lowest BCUT2D eigenvalue weighted by molar-refractivity contribution is 0.0696. The van der Waals surface area contributed by atoms with Gasteiger partial charge in [-0.3, -0.25) is 0 Å². The molecule has 0 radical (unpaired) electrons. The van der Waals surface area contributed by atoms with Crippen LogP contribution in [-0.2, 0) is 10.8 Å². The Morgan fingerprint density at radius 1 is 0.931 bits per heavy atom. The van der Waals surface area contributed by atoms with E-state index in [2.05, 4.69) is 79.3 Å². The molecule has 0 atom stereocenters. The fourth-order valence-electron chi connectivity index (χ4n) is 3.65. The van der Waals surface area contributed by atoms with Crippen molar-refractivity contribution in [3.63, 3.8) is 0 Å². The Morgan fingerprint density at radius 2 is 1.41 bits per heavy atom. The van der Waals surface area contributed by atoms with Crippen molar-refractivity contribution < 1.29 is 14.3 Å². The molecule has 0 aliphatic rings. The first-order valence-corrected chi connectivity index (χ1v) is 11.5. The Kier molecular flexibility index (Phi) is 6.25. The van der Waals surface area contributed by atoms with Crippen LogP contribution in [0.3, 0.4) is 0 Å². The van der Waals surface area contributed by atoms with Crippen LogP contribution < -0.4 is 10.4 Å². The summed E-state index contributed by atoms with van der Waals surface area (Å²) in [6.45, 7) is 7.16. The fourth-order valence-corrected chi connectivity index (χ4v) is 8.22. The normalized spacial score (nSPS) is 12.0. The highest BCUT2D eigenvalue weighted by atomic mass is 28.4. The number of rotatable bonds is 7. The van der Waals surface area contributed by atoms with Crippen molar-refractivity contribution >= 4 is 24.7 Å². The van der Waals surface area contributed by atoms with Crippen molar-refractivity contribution in [3.8, 4) is 0 Å². The summed E-state index contributed by atoms with van der Waals surface area (Å²) in [6.07, 6.45) is 3.20. The predicted molar refractivity (Wildman–Crippen MR) is 116 cm³/mol. The molecule has 29 heavy (non-hydrogen) atoms. The lowest BCUT2D eigenvalue weighted by Gasteiger charge is -2.43. The molecule has 0 unspecified atom stereocenters. The van der Waals surface area contributed by atoms with E-state index in [1.54, 1.807) is 0 Å². The standard InChI is InChI=1S/C23H26N2O3Si/c1-23(2,3)29(19-10-6-4-7-11-19,20-12-8-5-9-13-20)28-15-14-21-24-16-18(17-25-21)22(26)27/h4-13,16-17H,14-15H2,1-3H3,(H,26,27). The van der Waals surface area contributed by atoms with Crippen LogP contribution in [0.25, 0.3) is 0 Å². The third-order valence-electron chi connectivity index (χ3n) is 5.01. The van der Waals surface area contributed by atoms with Crippen LogP contribution in [0.4, 0.5) is 0 Å². The highest BCUT2D eigenvalue weighted by molar-refractivity contribution is 6.99. The Balaban J connectivity index is 1.92. The van der Waals surface area contributed by atoms with Gasteiger partial charge in [0.25, 0.3) is 8.32 Å². The monoisotopic (exact) mass is 406 g/mol. The minimum atomic E-state index is -2.58. The van der Waals surface area contributed by atoms with Crippen LogP contribution in [0.5, 0.6) is 0 Å². The molecule has 0 aliphatic heterocycles. The van der Waals surface area contributed by atoms with Gasteiger partial charge in [-0.25, -0.2) is 14.8 Å². The van der Waals surface area contributed by atoms with Crippen LogP contribution in [0.2, 0.25) is 5.04 Å². The van der Waals surface area contributed by atoms with E-state index in [0.717, 1.165) is 0 Å². The summed E-state index contributed by atoms with van der Waals surface area (Å²) in [6, 6.07) is 20.9. The van der Waals surface area contributed by atoms with E-state index in [4.69, 9.17) is 9.53 Å². The van der Waals surface area contributed by atoms with Gasteiger partial charge in [0.05, 0.1) is 5.56 Å². The third-order valence-corrected chi connectivity index (χ3v) is 10.1. The molecular weight excluding hydrogens is 380 g/mol. The topological polar surface area (TPSA) is 72.3 Å². The van der Waals surface area contributed by atoms with Gasteiger partial charge >= 0.3 is 5.97 Å². The quantitative estimate of drug-likeness (QED) is 0.610. The number of nitrogens with zero attached hydrogens (tertiary/aromatic N) is 2. The van der Waals surface area contributed by atoms with Gasteiger partial charge in [-0.2, -0.15) is 0 Å². The number of carbonyl (C=O) groups is 1. The SMILES string of the molecule is CC(C)(C)[Si](OCCc1ncc(C(=O)O)cn1)(c1ccccc1)c1ccccc1. The first kappa shape index (κ1) is 20.9. The number of benzene rings is 2. The van der Waals surface area contributed by atoms with Crippen LogP contribution in [0.15, 0.2) is 73.1 Å². The van der Waals surface area contributed by atoms with Gasteiger partial charge in [0.1, 0.15) is 5.82 Å². The van der Waals surface area contributed by atoms with Gasteiger partial charge in [0.15, 0.2) is 0 Å². The van der Waals surface area contributed by atoms with Crippen molar-refractivity contribution in [2.24, 2.45) is 0 Å². The molecule has 0 bridgehead atoms. The third kappa shape index (κ3) is 4.44. The van der Waals surface area contributed by atoms with E-state index >= 15 is 0 Å². The number of carboxylic acids is 1. The molecule has 0 fully saturated rings. The van der Waals surface area contributed by atoms with E-state index in [-0.39, 0.29) is 10.6 Å².